The molecule has 3 aromatic rings. The van der Waals surface area contributed by atoms with E-state index in [9.17, 15) is 5.11 Å². The van der Waals surface area contributed by atoms with Gasteiger partial charge in [0, 0.05) is 31.7 Å². The van der Waals surface area contributed by atoms with Crippen LogP contribution in [0.5, 0.6) is 0 Å². The lowest BCUT2D eigenvalue weighted by Crippen LogP contribution is -2.43. The molecule has 5 rings (SSSR count). The van der Waals surface area contributed by atoms with E-state index >= 15 is 0 Å². The molecule has 0 saturated heterocycles. The maximum Gasteiger partial charge on any atom is 0.228 e. The van der Waals surface area contributed by atoms with Crippen LogP contribution in [0.25, 0.3) is 20.8 Å². The zero-order valence-electron chi connectivity index (χ0n) is 18.7. The van der Waals surface area contributed by atoms with Gasteiger partial charge in [0.1, 0.15) is 16.0 Å². The second-order valence-electron chi connectivity index (χ2n) is 9.27. The number of hydrogen-bond donors (Lipinski definition) is 2. The van der Waals surface area contributed by atoms with Crippen molar-refractivity contribution in [3.05, 3.63) is 29.4 Å². The van der Waals surface area contributed by atoms with Crippen LogP contribution in [0, 0.1) is 11.3 Å². The highest BCUT2D eigenvalue weighted by Crippen LogP contribution is 2.68. The van der Waals surface area contributed by atoms with Crippen LogP contribution < -0.4 is 10.2 Å². The molecular formula is C23H28ClN5O2S. The summed E-state index contributed by atoms with van der Waals surface area (Å²) in [5, 5.41) is 15.4. The zero-order chi connectivity index (χ0) is 22.7. The van der Waals surface area contributed by atoms with Gasteiger partial charge in [0.05, 0.1) is 28.5 Å². The summed E-state index contributed by atoms with van der Waals surface area (Å²) < 4.78 is 6.29. The number of halogens is 1. The number of anilines is 2. The number of ether oxygens (including phenoxy) is 1. The minimum Gasteiger partial charge on any atom is -0.392 e. The Morgan fingerprint density at radius 3 is 2.75 bits per heavy atom. The number of hydrogen-bond acceptors (Lipinski definition) is 8. The van der Waals surface area contributed by atoms with E-state index < -0.39 is 0 Å². The number of methoxy groups -OCH3 is 1. The number of nitrogens with zero attached hydrogens (tertiary/aromatic N) is 4. The molecule has 0 bridgehead atoms. The Labute approximate surface area is 196 Å². The Hall–Kier alpha value is -2.00. The highest BCUT2D eigenvalue weighted by atomic mass is 35.5. The third-order valence-electron chi connectivity index (χ3n) is 7.53. The Morgan fingerprint density at radius 1 is 1.28 bits per heavy atom. The Balaban J connectivity index is 1.60. The number of nitrogens with one attached hydrogen (secondary N) is 1. The van der Waals surface area contributed by atoms with Gasteiger partial charge >= 0.3 is 0 Å². The van der Waals surface area contributed by atoms with E-state index in [1.54, 1.807) is 18.4 Å². The molecule has 0 radical (unpaired) electrons. The average molecular weight is 474 g/mol. The van der Waals surface area contributed by atoms with Crippen molar-refractivity contribution >= 4 is 44.9 Å². The highest BCUT2D eigenvalue weighted by Gasteiger charge is 2.73. The van der Waals surface area contributed by atoms with Gasteiger partial charge in [0.25, 0.3) is 0 Å². The van der Waals surface area contributed by atoms with Crippen molar-refractivity contribution < 1.29 is 9.84 Å². The molecule has 170 valence electrons. The van der Waals surface area contributed by atoms with Crippen molar-refractivity contribution in [2.24, 2.45) is 11.3 Å². The second-order valence-corrected chi connectivity index (χ2v) is 10.7. The average Bonchev–Trinajstić information content (AvgIpc) is 3.05. The summed E-state index contributed by atoms with van der Waals surface area (Å²) in [5.74, 6) is 1.51. The molecule has 2 heterocycles. The summed E-state index contributed by atoms with van der Waals surface area (Å²) >= 11 is 8.36. The Kier molecular flexibility index (Phi) is 5.32. The van der Waals surface area contributed by atoms with Crippen molar-refractivity contribution in [2.45, 2.75) is 38.3 Å². The van der Waals surface area contributed by atoms with Gasteiger partial charge in [-0.05, 0) is 37.8 Å². The van der Waals surface area contributed by atoms with Crippen LogP contribution in [-0.4, -0.2) is 59.0 Å². The van der Waals surface area contributed by atoms with E-state index in [1.165, 1.54) is 0 Å². The fourth-order valence-corrected chi connectivity index (χ4v) is 6.45. The lowest BCUT2D eigenvalue weighted by atomic mass is 9.84. The summed E-state index contributed by atoms with van der Waals surface area (Å²) in [6.45, 7) is 5.54. The number of likely N-dealkylation sites (N-methyl/N-ethyl adjacent to an activating group) is 1. The smallest absolute Gasteiger partial charge is 0.228 e. The molecule has 0 amide bonds. The van der Waals surface area contributed by atoms with Crippen molar-refractivity contribution in [2.75, 3.05) is 37.5 Å². The molecule has 2 saturated carbocycles. The minimum absolute atomic E-state index is 0.183. The summed E-state index contributed by atoms with van der Waals surface area (Å²) in [4.78, 5) is 16.2. The third kappa shape index (κ3) is 3.27. The first kappa shape index (κ1) is 21.8. The monoisotopic (exact) mass is 473 g/mol. The Morgan fingerprint density at radius 2 is 2.06 bits per heavy atom. The summed E-state index contributed by atoms with van der Waals surface area (Å²) in [7, 11) is 3.59. The molecule has 7 nitrogen and oxygen atoms in total. The molecule has 2 aliphatic rings. The first-order valence-corrected chi connectivity index (χ1v) is 12.1. The number of rotatable bonds is 7. The fourth-order valence-electron chi connectivity index (χ4n) is 5.12. The Bertz CT molecular complexity index is 1140. The van der Waals surface area contributed by atoms with Crippen molar-refractivity contribution in [1.82, 2.24) is 15.0 Å². The molecule has 1 aromatic carbocycles. The van der Waals surface area contributed by atoms with Crippen LogP contribution in [0.15, 0.2) is 24.3 Å². The molecule has 2 aliphatic carbocycles. The third-order valence-corrected chi connectivity index (χ3v) is 8.86. The normalized spacial score (nSPS) is 28.7. The van der Waals surface area contributed by atoms with Gasteiger partial charge in [0.15, 0.2) is 0 Å². The predicted octanol–water partition coefficient (Wildman–Crippen LogP) is 4.45. The van der Waals surface area contributed by atoms with Gasteiger partial charge in [0.2, 0.25) is 5.95 Å². The van der Waals surface area contributed by atoms with Crippen LogP contribution in [0.2, 0.25) is 5.15 Å². The van der Waals surface area contributed by atoms with Crippen molar-refractivity contribution in [1.29, 1.82) is 0 Å². The van der Waals surface area contributed by atoms with E-state index in [1.807, 2.05) is 30.1 Å². The van der Waals surface area contributed by atoms with Crippen molar-refractivity contribution in [3.8, 4) is 10.6 Å². The van der Waals surface area contributed by atoms with E-state index in [4.69, 9.17) is 26.3 Å². The topological polar surface area (TPSA) is 83.4 Å². The first-order chi connectivity index (χ1) is 15.3. The predicted molar refractivity (Wildman–Crippen MR) is 130 cm³/mol. The van der Waals surface area contributed by atoms with Gasteiger partial charge in [-0.1, -0.05) is 30.7 Å². The lowest BCUT2D eigenvalue weighted by Gasteiger charge is -2.36. The molecule has 4 unspecified atom stereocenters. The van der Waals surface area contributed by atoms with E-state index in [0.29, 0.717) is 41.6 Å². The summed E-state index contributed by atoms with van der Waals surface area (Å²) in [5.41, 5.74) is 1.15. The van der Waals surface area contributed by atoms with Crippen LogP contribution in [0.1, 0.15) is 26.7 Å². The molecule has 0 spiro atoms. The number of thiazole rings is 1. The number of aliphatic hydroxyl groups excluding tert-OH is 1. The van der Waals surface area contributed by atoms with Crippen LogP contribution >= 0.6 is 22.9 Å². The van der Waals surface area contributed by atoms with E-state index in [-0.39, 0.29) is 17.1 Å². The van der Waals surface area contributed by atoms with E-state index in [2.05, 4.69) is 30.2 Å². The number of aliphatic hydroxyl groups is 1. The maximum atomic E-state index is 10.6. The number of aromatic nitrogens is 3. The molecule has 4 atom stereocenters. The van der Waals surface area contributed by atoms with Gasteiger partial charge in [-0.25, -0.2) is 9.97 Å². The van der Waals surface area contributed by atoms with Crippen molar-refractivity contribution in [3.63, 3.8) is 0 Å². The molecule has 9 heteroatoms. The highest BCUT2D eigenvalue weighted by molar-refractivity contribution is 7.21. The number of benzene rings is 1. The zero-order valence-corrected chi connectivity index (χ0v) is 20.3. The molecule has 2 fully saturated rings. The fraction of sp³-hybridized carbons (Fsp3) is 0.522. The van der Waals surface area contributed by atoms with Gasteiger partial charge in [-0.3, -0.25) is 0 Å². The number of para-hydroxylation sites is 1. The van der Waals surface area contributed by atoms with Crippen LogP contribution in [0.4, 0.5) is 11.8 Å². The minimum atomic E-state index is -0.303. The van der Waals surface area contributed by atoms with Crippen LogP contribution in [-0.2, 0) is 4.74 Å². The van der Waals surface area contributed by atoms with Gasteiger partial charge in [-0.15, -0.1) is 11.3 Å². The lowest BCUT2D eigenvalue weighted by molar-refractivity contribution is 0.172. The molecular weight excluding hydrogens is 446 g/mol. The summed E-state index contributed by atoms with van der Waals surface area (Å²) in [6.07, 6.45) is 1.67. The van der Waals surface area contributed by atoms with Gasteiger partial charge < -0.3 is 20.1 Å². The molecule has 0 aliphatic heterocycles. The second kappa shape index (κ2) is 7.80. The first-order valence-electron chi connectivity index (χ1n) is 10.9. The molecule has 32 heavy (non-hydrogen) atoms. The largest absolute Gasteiger partial charge is 0.392 e. The van der Waals surface area contributed by atoms with Crippen LogP contribution in [0.3, 0.4) is 0 Å². The quantitative estimate of drug-likeness (QED) is 0.490. The SMILES string of the molecule is COCCN(C)c1nc(Cl)c(-c2nc3ccccc3s2)c(NC2(C)CCC3C(O)C32C)n1. The maximum absolute atomic E-state index is 10.6. The summed E-state index contributed by atoms with van der Waals surface area (Å²) in [6, 6.07) is 8.03. The van der Waals surface area contributed by atoms with Gasteiger partial charge in [-0.2, -0.15) is 4.98 Å². The standard InChI is InChI=1S/C23H28ClN5O2S/c1-22(10-9-13-17(30)23(13,22)2)28-19-16(20-25-14-7-5-6-8-15(14)32-20)18(24)26-21(27-19)29(3)11-12-31-4/h5-8,13,17,30H,9-12H2,1-4H3,(H,26,27,28). The van der Waals surface area contributed by atoms with E-state index in [0.717, 1.165) is 28.1 Å². The molecule has 2 aromatic heterocycles. The molecule has 2 N–H and O–H groups in total. The number of fused-ring (bicyclic) bond motifs is 2.